The molecule has 3 aliphatic rings. The first-order valence-corrected chi connectivity index (χ1v) is 10.6. The number of hydrogen-bond acceptors (Lipinski definition) is 5. The summed E-state index contributed by atoms with van der Waals surface area (Å²) < 4.78 is 6.25. The quantitative estimate of drug-likeness (QED) is 0.695. The largest absolute Gasteiger partial charge is 0.360 e. The number of amides is 2. The molecule has 2 bridgehead atoms. The first-order chi connectivity index (χ1) is 14.9. The second kappa shape index (κ2) is 7.27. The Morgan fingerprint density at radius 1 is 1.29 bits per heavy atom. The lowest BCUT2D eigenvalue weighted by atomic mass is 9.76. The minimum Gasteiger partial charge on any atom is -0.360 e. The van der Waals surface area contributed by atoms with Crippen molar-refractivity contribution in [2.24, 2.45) is 11.8 Å². The zero-order valence-corrected chi connectivity index (χ0v) is 18.0. The van der Waals surface area contributed by atoms with Gasteiger partial charge >= 0.3 is 0 Å². The number of fused-ring (bicyclic) bond motifs is 1. The number of aromatic nitrogens is 2. The summed E-state index contributed by atoms with van der Waals surface area (Å²) in [6.45, 7) is 5.53. The highest BCUT2D eigenvalue weighted by Crippen LogP contribution is 2.52. The van der Waals surface area contributed by atoms with Crippen LogP contribution in [0.1, 0.15) is 22.4 Å². The fraction of sp³-hybridized carbons (Fsp3) is 0.417. The van der Waals surface area contributed by atoms with Gasteiger partial charge in [-0.1, -0.05) is 30.4 Å². The van der Waals surface area contributed by atoms with E-state index in [1.165, 1.54) is 17.5 Å². The Hall–Kier alpha value is -3.06. The van der Waals surface area contributed by atoms with Crippen molar-refractivity contribution in [2.75, 3.05) is 13.6 Å². The van der Waals surface area contributed by atoms with Gasteiger partial charge in [-0.05, 0) is 36.6 Å². The molecule has 1 aromatic carbocycles. The number of nitrogens with zero attached hydrogens (tertiary/aromatic N) is 4. The van der Waals surface area contributed by atoms with E-state index in [1.807, 2.05) is 17.1 Å². The molecule has 7 heteroatoms. The van der Waals surface area contributed by atoms with Crippen molar-refractivity contribution in [1.29, 1.82) is 0 Å². The van der Waals surface area contributed by atoms with Gasteiger partial charge in [0.25, 0.3) is 0 Å². The Morgan fingerprint density at radius 2 is 2.13 bits per heavy atom. The number of hydrogen-bond donors (Lipinski definition) is 0. The summed E-state index contributed by atoms with van der Waals surface area (Å²) in [7, 11) is 1.75. The van der Waals surface area contributed by atoms with Crippen LogP contribution in [-0.4, -0.2) is 56.9 Å². The number of likely N-dealkylation sites (tertiary alicyclic amines) is 1. The third kappa shape index (κ3) is 3.24. The Morgan fingerprint density at radius 3 is 2.87 bits per heavy atom. The summed E-state index contributed by atoms with van der Waals surface area (Å²) in [4.78, 5) is 38.4. The molecule has 0 radical (unpaired) electrons. The van der Waals surface area contributed by atoms with E-state index in [0.29, 0.717) is 19.6 Å². The summed E-state index contributed by atoms with van der Waals surface area (Å²) in [6, 6.07) is 8.06. The number of rotatable bonds is 5. The lowest BCUT2D eigenvalue weighted by Crippen LogP contribution is -2.44. The van der Waals surface area contributed by atoms with Crippen LogP contribution in [0.2, 0.25) is 0 Å². The maximum Gasteiger partial charge on any atom is 0.230 e. The van der Waals surface area contributed by atoms with Crippen molar-refractivity contribution in [3.63, 3.8) is 0 Å². The molecule has 3 aliphatic heterocycles. The maximum absolute atomic E-state index is 13.4. The Bertz CT molecular complexity index is 1070. The highest BCUT2D eigenvalue weighted by atomic mass is 16.5. The van der Waals surface area contributed by atoms with Crippen LogP contribution in [0.5, 0.6) is 0 Å². The topological polar surface area (TPSA) is 75.6 Å². The minimum absolute atomic E-state index is 0.00105. The van der Waals surface area contributed by atoms with Crippen LogP contribution in [0, 0.1) is 25.7 Å². The molecule has 1 spiro atoms. The van der Waals surface area contributed by atoms with Gasteiger partial charge in [0.15, 0.2) is 0 Å². The van der Waals surface area contributed by atoms with E-state index in [4.69, 9.17) is 4.74 Å². The molecule has 160 valence electrons. The number of benzene rings is 1. The summed E-state index contributed by atoms with van der Waals surface area (Å²) >= 11 is 0. The van der Waals surface area contributed by atoms with E-state index in [0.717, 1.165) is 11.3 Å². The molecule has 5 rings (SSSR count). The summed E-state index contributed by atoms with van der Waals surface area (Å²) in [5, 5.41) is 0. The summed E-state index contributed by atoms with van der Waals surface area (Å²) in [5.74, 6) is -1.07. The second-order valence-corrected chi connectivity index (χ2v) is 8.91. The highest BCUT2D eigenvalue weighted by Gasteiger charge is 2.67. The summed E-state index contributed by atoms with van der Waals surface area (Å²) in [6.07, 6.45) is 6.72. The van der Waals surface area contributed by atoms with Gasteiger partial charge < -0.3 is 14.5 Å². The molecule has 0 aliphatic carbocycles. The van der Waals surface area contributed by atoms with E-state index in [9.17, 15) is 9.59 Å². The van der Waals surface area contributed by atoms with Gasteiger partial charge in [-0.15, -0.1) is 0 Å². The predicted molar refractivity (Wildman–Crippen MR) is 114 cm³/mol. The zero-order valence-electron chi connectivity index (χ0n) is 18.0. The average Bonchev–Trinajstić information content (AvgIpc) is 3.39. The predicted octanol–water partition coefficient (Wildman–Crippen LogP) is 2.03. The molecule has 2 saturated heterocycles. The number of aryl methyl sites for hydroxylation is 2. The monoisotopic (exact) mass is 418 g/mol. The summed E-state index contributed by atoms with van der Waals surface area (Å²) in [5.41, 5.74) is 3.59. The molecule has 4 heterocycles. The zero-order chi connectivity index (χ0) is 21.8. The SMILES string of the molecule is Cc1ccc(CN2C[C@]34C=C[C@H](O3)[C@@H](C(=O)N(C)Cc3ccncn3)[C@@H]4C2=O)cc1C. The van der Waals surface area contributed by atoms with Gasteiger partial charge in [0.05, 0.1) is 36.7 Å². The van der Waals surface area contributed by atoms with E-state index in [-0.39, 0.29) is 17.9 Å². The number of carbonyl (C=O) groups is 2. The fourth-order valence-corrected chi connectivity index (χ4v) is 5.10. The Labute approximate surface area is 181 Å². The smallest absolute Gasteiger partial charge is 0.230 e. The third-order valence-electron chi connectivity index (χ3n) is 6.83. The van der Waals surface area contributed by atoms with Crippen molar-refractivity contribution in [3.05, 3.63) is 71.3 Å². The molecule has 2 amide bonds. The van der Waals surface area contributed by atoms with Crippen molar-refractivity contribution >= 4 is 11.8 Å². The van der Waals surface area contributed by atoms with Gasteiger partial charge in [-0.3, -0.25) is 9.59 Å². The fourth-order valence-electron chi connectivity index (χ4n) is 5.10. The van der Waals surface area contributed by atoms with E-state index < -0.39 is 17.4 Å². The average molecular weight is 418 g/mol. The van der Waals surface area contributed by atoms with Crippen LogP contribution < -0.4 is 0 Å². The third-order valence-corrected chi connectivity index (χ3v) is 6.83. The second-order valence-electron chi connectivity index (χ2n) is 8.91. The molecule has 2 fully saturated rings. The van der Waals surface area contributed by atoms with Gasteiger partial charge in [-0.25, -0.2) is 9.97 Å². The highest BCUT2D eigenvalue weighted by molar-refractivity contribution is 5.93. The van der Waals surface area contributed by atoms with E-state index >= 15 is 0 Å². The molecule has 7 nitrogen and oxygen atoms in total. The van der Waals surface area contributed by atoms with Crippen LogP contribution in [0.15, 0.2) is 48.9 Å². The molecule has 2 aromatic rings. The molecular weight excluding hydrogens is 392 g/mol. The van der Waals surface area contributed by atoms with Crippen molar-refractivity contribution in [3.8, 4) is 0 Å². The molecular formula is C24H26N4O3. The molecule has 4 atom stereocenters. The Kier molecular flexibility index (Phi) is 4.66. The maximum atomic E-state index is 13.4. The van der Waals surface area contributed by atoms with Crippen LogP contribution in [0.3, 0.4) is 0 Å². The normalized spacial score (nSPS) is 28.3. The van der Waals surface area contributed by atoms with Crippen LogP contribution in [0.25, 0.3) is 0 Å². The van der Waals surface area contributed by atoms with E-state index in [2.05, 4.69) is 42.0 Å². The molecule has 0 N–H and O–H groups in total. The first-order valence-electron chi connectivity index (χ1n) is 10.6. The lowest BCUT2D eigenvalue weighted by Gasteiger charge is -2.27. The molecule has 0 unspecified atom stereocenters. The number of carbonyl (C=O) groups excluding carboxylic acids is 2. The van der Waals surface area contributed by atoms with Crippen LogP contribution in [0.4, 0.5) is 0 Å². The molecule has 0 saturated carbocycles. The van der Waals surface area contributed by atoms with Crippen molar-refractivity contribution in [1.82, 2.24) is 19.8 Å². The van der Waals surface area contributed by atoms with Gasteiger partial charge in [0, 0.05) is 19.8 Å². The lowest BCUT2D eigenvalue weighted by molar-refractivity contribution is -0.142. The first kappa shape index (κ1) is 19.9. The molecule has 31 heavy (non-hydrogen) atoms. The number of ether oxygens (including phenoxy) is 1. The van der Waals surface area contributed by atoms with Crippen molar-refractivity contribution in [2.45, 2.75) is 38.6 Å². The van der Waals surface area contributed by atoms with Crippen LogP contribution in [-0.2, 0) is 27.4 Å². The molecule has 1 aromatic heterocycles. The Balaban J connectivity index is 1.36. The standard InChI is InChI=1S/C24H26N4O3/c1-15-4-5-17(10-16(15)2)11-28-13-24-8-6-19(31-24)20(21(24)23(28)30)22(29)27(3)12-18-7-9-25-14-26-18/h4-10,14,19-21H,11-13H2,1-3H3/t19-,20+,21+,24-/m0/s1. The minimum atomic E-state index is -0.697. The van der Waals surface area contributed by atoms with Crippen molar-refractivity contribution < 1.29 is 14.3 Å². The van der Waals surface area contributed by atoms with E-state index in [1.54, 1.807) is 24.2 Å². The van der Waals surface area contributed by atoms with Gasteiger partial charge in [0.1, 0.15) is 11.9 Å². The van der Waals surface area contributed by atoms with Gasteiger partial charge in [-0.2, -0.15) is 0 Å². The van der Waals surface area contributed by atoms with Crippen LogP contribution >= 0.6 is 0 Å². The van der Waals surface area contributed by atoms with Gasteiger partial charge in [0.2, 0.25) is 11.8 Å².